The monoisotopic (exact) mass is 634 g/mol. The molecule has 45 heavy (non-hydrogen) atoms. The van der Waals surface area contributed by atoms with Gasteiger partial charge < -0.3 is 19.7 Å². The van der Waals surface area contributed by atoms with E-state index in [1.165, 1.54) is 24.4 Å². The number of carbonyl (C=O) groups is 2. The van der Waals surface area contributed by atoms with Gasteiger partial charge in [0.15, 0.2) is 6.29 Å². The van der Waals surface area contributed by atoms with E-state index < -0.39 is 18.2 Å². The molecule has 11 nitrogen and oxygen atoms in total. The summed E-state index contributed by atoms with van der Waals surface area (Å²) < 4.78 is 25.2. The number of ether oxygens (including phenoxy) is 2. The lowest BCUT2D eigenvalue weighted by molar-refractivity contribution is -0.198. The number of aromatic nitrogens is 2. The Hall–Kier alpha value is -4.57. The van der Waals surface area contributed by atoms with Crippen LogP contribution in [0.1, 0.15) is 48.8 Å². The van der Waals surface area contributed by atoms with Crippen molar-refractivity contribution in [1.29, 1.82) is 5.26 Å². The summed E-state index contributed by atoms with van der Waals surface area (Å²) in [5.41, 5.74) is 4.83. The van der Waals surface area contributed by atoms with E-state index in [9.17, 15) is 14.0 Å². The Morgan fingerprint density at radius 2 is 1.96 bits per heavy atom. The highest BCUT2D eigenvalue weighted by Crippen LogP contribution is 2.29. The molecule has 13 heteroatoms. The van der Waals surface area contributed by atoms with Gasteiger partial charge in [-0.05, 0) is 42.2 Å². The summed E-state index contributed by atoms with van der Waals surface area (Å²) in [6, 6.07) is 13.4. The van der Waals surface area contributed by atoms with Crippen molar-refractivity contribution in [3.63, 3.8) is 0 Å². The van der Waals surface area contributed by atoms with Gasteiger partial charge in [0.05, 0.1) is 22.5 Å². The third-order valence-corrected chi connectivity index (χ3v) is 7.64. The van der Waals surface area contributed by atoms with Crippen LogP contribution in [0, 0.1) is 17.1 Å². The van der Waals surface area contributed by atoms with Crippen molar-refractivity contribution in [2.75, 3.05) is 24.6 Å². The Kier molecular flexibility index (Phi) is 10.9. The molecule has 2 saturated heterocycles. The number of halogens is 2. The van der Waals surface area contributed by atoms with Gasteiger partial charge in [0.1, 0.15) is 18.0 Å². The van der Waals surface area contributed by atoms with Crippen LogP contribution >= 0.6 is 11.6 Å². The standard InChI is InChI=1S/C32H32ClFN6O5/c33-26-20-36-31(38-30(26)23-9-10-24(18-35)27(34)17-23)40-14-12-25(13-15-40)44-32(42)37-19-22-6-4-21(5-7-22)8-11-28(41)39-45-29-3-1-2-16-43-29/h4-11,17,20,25,29H,1-3,12-16,19H2,(H,37,42)(H,39,41)/b11-8+. The van der Waals surface area contributed by atoms with Crippen molar-refractivity contribution in [1.82, 2.24) is 20.8 Å². The molecule has 0 saturated carbocycles. The van der Waals surface area contributed by atoms with E-state index in [1.54, 1.807) is 18.2 Å². The van der Waals surface area contributed by atoms with Gasteiger partial charge in [-0.15, -0.1) is 0 Å². The van der Waals surface area contributed by atoms with Gasteiger partial charge in [-0.3, -0.25) is 4.79 Å². The number of benzene rings is 2. The third kappa shape index (κ3) is 8.98. The van der Waals surface area contributed by atoms with Crippen molar-refractivity contribution in [3.05, 3.63) is 82.3 Å². The number of alkyl carbamates (subject to hydrolysis) is 1. The molecule has 2 aliphatic heterocycles. The molecule has 2 N–H and O–H groups in total. The fraction of sp³-hybridized carbons (Fsp3) is 0.344. The highest BCUT2D eigenvalue weighted by molar-refractivity contribution is 6.32. The maximum Gasteiger partial charge on any atom is 0.407 e. The minimum Gasteiger partial charge on any atom is -0.446 e. The molecule has 2 fully saturated rings. The second-order valence-electron chi connectivity index (χ2n) is 10.6. The van der Waals surface area contributed by atoms with Crippen LogP contribution in [-0.4, -0.2) is 54.1 Å². The first-order chi connectivity index (χ1) is 21.9. The Labute approximate surface area is 264 Å². The van der Waals surface area contributed by atoms with Gasteiger partial charge >= 0.3 is 6.09 Å². The first kappa shape index (κ1) is 31.8. The summed E-state index contributed by atoms with van der Waals surface area (Å²) in [6.45, 7) is 2.02. The summed E-state index contributed by atoms with van der Waals surface area (Å²) in [5.74, 6) is -0.595. The Bertz CT molecular complexity index is 1570. The molecule has 2 amide bonds. The minimum absolute atomic E-state index is 0.0593. The average molecular weight is 635 g/mol. The summed E-state index contributed by atoms with van der Waals surface area (Å²) in [7, 11) is 0. The topological polar surface area (TPSA) is 139 Å². The second kappa shape index (κ2) is 15.4. The van der Waals surface area contributed by atoms with E-state index >= 15 is 0 Å². The van der Waals surface area contributed by atoms with E-state index in [4.69, 9.17) is 31.2 Å². The predicted molar refractivity (Wildman–Crippen MR) is 164 cm³/mol. The van der Waals surface area contributed by atoms with Crippen molar-refractivity contribution in [3.8, 4) is 17.3 Å². The van der Waals surface area contributed by atoms with Gasteiger partial charge in [0, 0.05) is 57.1 Å². The molecule has 1 aromatic heterocycles. The van der Waals surface area contributed by atoms with Crippen LogP contribution in [0.4, 0.5) is 15.1 Å². The van der Waals surface area contributed by atoms with Gasteiger partial charge in [0.2, 0.25) is 5.95 Å². The zero-order chi connectivity index (χ0) is 31.6. The Morgan fingerprint density at radius 1 is 1.16 bits per heavy atom. The third-order valence-electron chi connectivity index (χ3n) is 7.37. The molecule has 3 heterocycles. The smallest absolute Gasteiger partial charge is 0.407 e. The number of amides is 2. The molecule has 0 radical (unpaired) electrons. The van der Waals surface area contributed by atoms with E-state index in [1.807, 2.05) is 29.2 Å². The molecular formula is C32H32ClFN6O5. The number of nitrogens with zero attached hydrogens (tertiary/aromatic N) is 4. The van der Waals surface area contributed by atoms with Gasteiger partial charge in [-0.2, -0.15) is 5.26 Å². The number of rotatable bonds is 9. The molecule has 0 spiro atoms. The first-order valence-corrected chi connectivity index (χ1v) is 15.0. The van der Waals surface area contributed by atoms with Crippen LogP contribution in [0.25, 0.3) is 17.3 Å². The normalized spacial score (nSPS) is 17.1. The first-order valence-electron chi connectivity index (χ1n) is 14.6. The van der Waals surface area contributed by atoms with Crippen LogP contribution < -0.4 is 15.7 Å². The maximum atomic E-state index is 14.2. The molecule has 234 valence electrons. The number of hydroxylamine groups is 1. The molecule has 1 unspecified atom stereocenters. The lowest BCUT2D eigenvalue weighted by Gasteiger charge is -2.31. The number of nitrogens with one attached hydrogen (secondary N) is 2. The summed E-state index contributed by atoms with van der Waals surface area (Å²) in [5, 5.41) is 12.0. The van der Waals surface area contributed by atoms with Gasteiger partial charge in [-0.25, -0.2) is 29.5 Å². The zero-order valence-corrected chi connectivity index (χ0v) is 25.1. The molecular weight excluding hydrogens is 603 g/mol. The Morgan fingerprint density at radius 3 is 2.67 bits per heavy atom. The van der Waals surface area contributed by atoms with E-state index in [0.29, 0.717) is 49.7 Å². The Balaban J connectivity index is 1.04. The lowest BCUT2D eigenvalue weighted by Crippen LogP contribution is -2.40. The number of carbonyl (C=O) groups excluding carboxylic acids is 2. The largest absolute Gasteiger partial charge is 0.446 e. The highest BCUT2D eigenvalue weighted by atomic mass is 35.5. The summed E-state index contributed by atoms with van der Waals surface area (Å²) in [6.07, 6.45) is 7.24. The molecule has 3 aromatic rings. The predicted octanol–water partition coefficient (Wildman–Crippen LogP) is 5.29. The number of hydrogen-bond acceptors (Lipinski definition) is 9. The molecule has 0 aliphatic carbocycles. The summed E-state index contributed by atoms with van der Waals surface area (Å²) in [4.78, 5) is 40.5. The molecule has 2 aliphatic rings. The van der Waals surface area contributed by atoms with Crippen LogP contribution in [0.15, 0.2) is 54.7 Å². The lowest BCUT2D eigenvalue weighted by atomic mass is 10.1. The van der Waals surface area contributed by atoms with Crippen LogP contribution in [0.5, 0.6) is 0 Å². The van der Waals surface area contributed by atoms with Crippen LogP contribution in [-0.2, 0) is 25.7 Å². The quantitative estimate of drug-likeness (QED) is 0.237. The maximum absolute atomic E-state index is 14.2. The molecule has 0 bridgehead atoms. The van der Waals surface area contributed by atoms with E-state index in [2.05, 4.69) is 20.8 Å². The van der Waals surface area contributed by atoms with Crippen LogP contribution in [0.2, 0.25) is 5.02 Å². The van der Waals surface area contributed by atoms with Crippen molar-refractivity contribution >= 4 is 35.6 Å². The minimum atomic E-state index is -0.648. The van der Waals surface area contributed by atoms with E-state index in [0.717, 1.165) is 30.4 Å². The molecule has 1 atom stereocenters. The summed E-state index contributed by atoms with van der Waals surface area (Å²) >= 11 is 6.30. The van der Waals surface area contributed by atoms with Gasteiger partial charge in [-0.1, -0.05) is 41.9 Å². The molecule has 5 rings (SSSR count). The fourth-order valence-electron chi connectivity index (χ4n) is 4.89. The average Bonchev–Trinajstić information content (AvgIpc) is 3.07. The SMILES string of the molecule is N#Cc1ccc(-c2nc(N3CCC(OC(=O)NCc4ccc(/C=C/C(=O)NOC5CCCCO5)cc4)CC3)ncc2Cl)cc1F. The van der Waals surface area contributed by atoms with Crippen LogP contribution in [0.3, 0.4) is 0 Å². The number of nitriles is 1. The zero-order valence-electron chi connectivity index (χ0n) is 24.4. The van der Waals surface area contributed by atoms with Crippen molar-refractivity contribution in [2.24, 2.45) is 0 Å². The van der Waals surface area contributed by atoms with E-state index in [-0.39, 0.29) is 29.1 Å². The number of piperidine rings is 1. The molecule has 2 aromatic carbocycles. The second-order valence-corrected chi connectivity index (χ2v) is 11.0. The highest BCUT2D eigenvalue weighted by Gasteiger charge is 2.25. The fourth-order valence-corrected chi connectivity index (χ4v) is 5.09. The number of hydrogen-bond donors (Lipinski definition) is 2. The van der Waals surface area contributed by atoms with Gasteiger partial charge in [0.25, 0.3) is 5.91 Å². The number of anilines is 1. The van der Waals surface area contributed by atoms with Crippen molar-refractivity contribution in [2.45, 2.75) is 51.0 Å². The van der Waals surface area contributed by atoms with Crippen molar-refractivity contribution < 1.29 is 28.3 Å².